The Morgan fingerprint density at radius 3 is 2.61 bits per heavy atom. The van der Waals surface area contributed by atoms with E-state index in [1.165, 1.54) is 30.5 Å². The lowest BCUT2D eigenvalue weighted by Crippen LogP contribution is -2.12. The standard InChI is InChI=1S/C16H16N2O5/c1-10(2)22-16(19)14-9-13(6-7-17-14)23-15-5-4-12(18(20)21)8-11(15)3/h4-10H,1-3H3. The van der Waals surface area contributed by atoms with Crippen LogP contribution in [0.4, 0.5) is 5.69 Å². The van der Waals surface area contributed by atoms with Crippen LogP contribution in [0.2, 0.25) is 0 Å². The third-order valence-corrected chi connectivity index (χ3v) is 2.88. The molecule has 0 aliphatic carbocycles. The first-order chi connectivity index (χ1) is 10.9. The van der Waals surface area contributed by atoms with Crippen LogP contribution < -0.4 is 4.74 Å². The maximum Gasteiger partial charge on any atom is 0.357 e. The van der Waals surface area contributed by atoms with Gasteiger partial charge in [0.15, 0.2) is 5.69 Å². The van der Waals surface area contributed by atoms with E-state index >= 15 is 0 Å². The lowest BCUT2D eigenvalue weighted by molar-refractivity contribution is -0.384. The van der Waals surface area contributed by atoms with Crippen molar-refractivity contribution in [3.05, 3.63) is 57.9 Å². The van der Waals surface area contributed by atoms with Crippen LogP contribution in [0.5, 0.6) is 11.5 Å². The highest BCUT2D eigenvalue weighted by Gasteiger charge is 2.13. The van der Waals surface area contributed by atoms with Gasteiger partial charge in [-0.05, 0) is 38.5 Å². The van der Waals surface area contributed by atoms with Crippen molar-refractivity contribution < 1.29 is 19.2 Å². The van der Waals surface area contributed by atoms with Crippen LogP contribution in [0, 0.1) is 17.0 Å². The molecule has 23 heavy (non-hydrogen) atoms. The van der Waals surface area contributed by atoms with Gasteiger partial charge in [0.1, 0.15) is 11.5 Å². The second-order valence-electron chi connectivity index (χ2n) is 5.14. The summed E-state index contributed by atoms with van der Waals surface area (Å²) in [7, 11) is 0. The summed E-state index contributed by atoms with van der Waals surface area (Å²) in [4.78, 5) is 26.0. The van der Waals surface area contributed by atoms with Gasteiger partial charge >= 0.3 is 5.97 Å². The van der Waals surface area contributed by atoms with E-state index in [2.05, 4.69) is 4.98 Å². The number of aromatic nitrogens is 1. The first-order valence-electron chi connectivity index (χ1n) is 6.96. The van der Waals surface area contributed by atoms with Gasteiger partial charge in [-0.1, -0.05) is 0 Å². The topological polar surface area (TPSA) is 91.6 Å². The third-order valence-electron chi connectivity index (χ3n) is 2.88. The van der Waals surface area contributed by atoms with Crippen molar-refractivity contribution in [3.63, 3.8) is 0 Å². The van der Waals surface area contributed by atoms with Crippen LogP contribution in [-0.4, -0.2) is 22.0 Å². The fraction of sp³-hybridized carbons (Fsp3) is 0.250. The summed E-state index contributed by atoms with van der Waals surface area (Å²) in [6, 6.07) is 7.35. The second-order valence-corrected chi connectivity index (χ2v) is 5.14. The second kappa shape index (κ2) is 6.87. The van der Waals surface area contributed by atoms with Crippen LogP contribution in [0.25, 0.3) is 0 Å². The minimum absolute atomic E-state index is 0.00854. The Labute approximate surface area is 133 Å². The van der Waals surface area contributed by atoms with Crippen molar-refractivity contribution >= 4 is 11.7 Å². The average molecular weight is 316 g/mol. The van der Waals surface area contributed by atoms with Gasteiger partial charge in [-0.3, -0.25) is 10.1 Å². The van der Waals surface area contributed by atoms with Gasteiger partial charge in [0.25, 0.3) is 5.69 Å². The molecule has 0 N–H and O–H groups in total. The van der Waals surface area contributed by atoms with E-state index in [9.17, 15) is 14.9 Å². The third kappa shape index (κ3) is 4.26. The first kappa shape index (κ1) is 16.4. The Balaban J connectivity index is 2.21. The molecule has 0 amide bonds. The fourth-order valence-corrected chi connectivity index (χ4v) is 1.85. The molecule has 0 atom stereocenters. The molecule has 120 valence electrons. The molecule has 0 aliphatic rings. The normalized spacial score (nSPS) is 10.4. The predicted octanol–water partition coefficient (Wildman–Crippen LogP) is 3.66. The molecule has 1 aromatic heterocycles. The molecule has 0 saturated heterocycles. The van der Waals surface area contributed by atoms with E-state index in [1.54, 1.807) is 26.8 Å². The van der Waals surface area contributed by atoms with Crippen LogP contribution in [0.1, 0.15) is 29.9 Å². The summed E-state index contributed by atoms with van der Waals surface area (Å²) in [5.74, 6) is 0.323. The molecule has 0 unspecified atom stereocenters. The zero-order valence-corrected chi connectivity index (χ0v) is 13.0. The molecule has 2 aromatic rings. The molecule has 7 nitrogen and oxygen atoms in total. The van der Waals surface area contributed by atoms with Gasteiger partial charge in [0.2, 0.25) is 0 Å². The van der Waals surface area contributed by atoms with E-state index < -0.39 is 10.9 Å². The molecule has 0 fully saturated rings. The van der Waals surface area contributed by atoms with Crippen LogP contribution in [-0.2, 0) is 4.74 Å². The minimum atomic E-state index is -0.536. The molecule has 0 aliphatic heterocycles. The van der Waals surface area contributed by atoms with Crippen molar-refractivity contribution in [2.45, 2.75) is 26.9 Å². The zero-order valence-electron chi connectivity index (χ0n) is 13.0. The number of carbonyl (C=O) groups excluding carboxylic acids is 1. The van der Waals surface area contributed by atoms with Gasteiger partial charge in [-0.2, -0.15) is 0 Å². The number of ether oxygens (including phenoxy) is 2. The quantitative estimate of drug-likeness (QED) is 0.475. The average Bonchev–Trinajstić information content (AvgIpc) is 2.48. The van der Waals surface area contributed by atoms with Crippen molar-refractivity contribution in [2.24, 2.45) is 0 Å². The van der Waals surface area contributed by atoms with Crippen molar-refractivity contribution in [1.29, 1.82) is 0 Å². The molecule has 2 rings (SSSR count). The zero-order chi connectivity index (χ0) is 17.0. The van der Waals surface area contributed by atoms with E-state index in [0.717, 1.165) is 0 Å². The number of hydrogen-bond donors (Lipinski definition) is 0. The maximum atomic E-state index is 11.8. The Morgan fingerprint density at radius 1 is 1.26 bits per heavy atom. The highest BCUT2D eigenvalue weighted by molar-refractivity contribution is 5.87. The Hall–Kier alpha value is -2.96. The van der Waals surface area contributed by atoms with E-state index in [4.69, 9.17) is 9.47 Å². The summed E-state index contributed by atoms with van der Waals surface area (Å²) in [5.41, 5.74) is 0.740. The Bertz CT molecular complexity index is 743. The highest BCUT2D eigenvalue weighted by atomic mass is 16.6. The number of non-ortho nitro benzene ring substituents is 1. The summed E-state index contributed by atoms with van der Waals surface area (Å²) < 4.78 is 10.7. The van der Waals surface area contributed by atoms with Crippen molar-refractivity contribution in [2.75, 3.05) is 0 Å². The minimum Gasteiger partial charge on any atom is -0.458 e. The van der Waals surface area contributed by atoms with Crippen LogP contribution in [0.3, 0.4) is 0 Å². The summed E-state index contributed by atoms with van der Waals surface area (Å²) in [6.45, 7) is 5.20. The Morgan fingerprint density at radius 2 is 2.00 bits per heavy atom. The molecule has 0 radical (unpaired) electrons. The SMILES string of the molecule is Cc1cc([N+](=O)[O-])ccc1Oc1ccnc(C(=O)OC(C)C)c1. The molecular formula is C16H16N2O5. The number of hydrogen-bond acceptors (Lipinski definition) is 6. The lowest BCUT2D eigenvalue weighted by atomic mass is 10.2. The number of carbonyl (C=O) groups is 1. The molecule has 7 heteroatoms. The molecule has 0 bridgehead atoms. The van der Waals surface area contributed by atoms with Gasteiger partial charge < -0.3 is 9.47 Å². The van der Waals surface area contributed by atoms with Gasteiger partial charge in [-0.25, -0.2) is 9.78 Å². The number of esters is 1. The number of nitro groups is 1. The van der Waals surface area contributed by atoms with E-state index in [1.807, 2.05) is 0 Å². The Kier molecular flexibility index (Phi) is 4.90. The van der Waals surface area contributed by atoms with Crippen LogP contribution in [0.15, 0.2) is 36.5 Å². The number of pyridine rings is 1. The number of aryl methyl sites for hydroxylation is 1. The van der Waals surface area contributed by atoms with Gasteiger partial charge in [0.05, 0.1) is 11.0 Å². The van der Waals surface area contributed by atoms with E-state index in [-0.39, 0.29) is 17.5 Å². The monoisotopic (exact) mass is 316 g/mol. The first-order valence-corrected chi connectivity index (χ1v) is 6.96. The predicted molar refractivity (Wildman–Crippen MR) is 82.7 cm³/mol. The van der Waals surface area contributed by atoms with E-state index in [0.29, 0.717) is 17.1 Å². The lowest BCUT2D eigenvalue weighted by Gasteiger charge is -2.10. The number of rotatable bonds is 5. The number of benzene rings is 1. The summed E-state index contributed by atoms with van der Waals surface area (Å²) >= 11 is 0. The largest absolute Gasteiger partial charge is 0.458 e. The molecule has 1 aromatic carbocycles. The molecule has 0 spiro atoms. The van der Waals surface area contributed by atoms with Gasteiger partial charge in [-0.15, -0.1) is 0 Å². The van der Waals surface area contributed by atoms with Crippen molar-refractivity contribution in [3.8, 4) is 11.5 Å². The fourth-order valence-electron chi connectivity index (χ4n) is 1.85. The molecular weight excluding hydrogens is 300 g/mol. The molecule has 1 heterocycles. The highest BCUT2D eigenvalue weighted by Crippen LogP contribution is 2.28. The number of nitro benzene ring substituents is 1. The van der Waals surface area contributed by atoms with Crippen LogP contribution >= 0.6 is 0 Å². The van der Waals surface area contributed by atoms with Crippen molar-refractivity contribution in [1.82, 2.24) is 4.98 Å². The summed E-state index contributed by atoms with van der Waals surface area (Å²) in [6.07, 6.45) is 1.19. The van der Waals surface area contributed by atoms with Gasteiger partial charge in [0, 0.05) is 24.4 Å². The smallest absolute Gasteiger partial charge is 0.357 e. The number of nitrogens with zero attached hydrogens (tertiary/aromatic N) is 2. The summed E-state index contributed by atoms with van der Waals surface area (Å²) in [5, 5.41) is 10.7. The molecule has 0 saturated carbocycles. The maximum absolute atomic E-state index is 11.8.